The molecule has 6 heteroatoms. The van der Waals surface area contributed by atoms with E-state index in [0.717, 1.165) is 6.42 Å². The first kappa shape index (κ1) is 14.5. The molecular weight excluding hydrogens is 265 g/mol. The largest absolute Gasteiger partial charge is 0.481 e. The van der Waals surface area contributed by atoms with Crippen LogP contribution in [0.5, 0.6) is 0 Å². The summed E-state index contributed by atoms with van der Waals surface area (Å²) in [5.74, 6) is -1.77. The third-order valence-corrected chi connectivity index (χ3v) is 3.19. The number of carbonyl (C=O) groups excluding carboxylic acids is 1. The van der Waals surface area contributed by atoms with Crippen molar-refractivity contribution in [2.45, 2.75) is 31.4 Å². The van der Waals surface area contributed by atoms with Gasteiger partial charge in [-0.15, -0.1) is 0 Å². The molecule has 1 aromatic carbocycles. The van der Waals surface area contributed by atoms with Gasteiger partial charge in [0.2, 0.25) is 5.91 Å². The van der Waals surface area contributed by atoms with Crippen LogP contribution in [0.15, 0.2) is 24.3 Å². The molecule has 0 radical (unpaired) electrons. The number of carboxylic acid groups (broad SMARTS) is 1. The highest BCUT2D eigenvalue weighted by Crippen LogP contribution is 2.19. The molecule has 0 aromatic heterocycles. The lowest BCUT2D eigenvalue weighted by Crippen LogP contribution is -2.37. The molecule has 1 fully saturated rings. The zero-order valence-electron chi connectivity index (χ0n) is 10.8. The zero-order chi connectivity index (χ0) is 14.5. The molecule has 0 bridgehead atoms. The van der Waals surface area contributed by atoms with Gasteiger partial charge in [0.25, 0.3) is 0 Å². The van der Waals surface area contributed by atoms with Gasteiger partial charge >= 0.3 is 5.97 Å². The lowest BCUT2D eigenvalue weighted by molar-refractivity contribution is -0.138. The second-order valence-corrected chi connectivity index (χ2v) is 4.71. The number of aliphatic carboxylic acids is 1. The fourth-order valence-corrected chi connectivity index (χ4v) is 2.17. The van der Waals surface area contributed by atoms with Crippen LogP contribution in [0.4, 0.5) is 4.39 Å². The van der Waals surface area contributed by atoms with Crippen LogP contribution in [0.3, 0.4) is 0 Å². The average Bonchev–Trinajstić information content (AvgIpc) is 2.92. The van der Waals surface area contributed by atoms with Crippen molar-refractivity contribution in [3.63, 3.8) is 0 Å². The predicted molar refractivity (Wildman–Crippen MR) is 68.5 cm³/mol. The van der Waals surface area contributed by atoms with Crippen LogP contribution in [0.2, 0.25) is 0 Å². The summed E-state index contributed by atoms with van der Waals surface area (Å²) in [5.41, 5.74) is 0.556. The average molecular weight is 281 g/mol. The van der Waals surface area contributed by atoms with Crippen LogP contribution in [-0.4, -0.2) is 29.7 Å². The van der Waals surface area contributed by atoms with Crippen molar-refractivity contribution in [1.29, 1.82) is 0 Å². The second kappa shape index (κ2) is 6.47. The minimum atomic E-state index is -1.04. The Balaban J connectivity index is 2.08. The van der Waals surface area contributed by atoms with E-state index >= 15 is 0 Å². The van der Waals surface area contributed by atoms with Crippen molar-refractivity contribution >= 4 is 11.9 Å². The van der Waals surface area contributed by atoms with Crippen LogP contribution in [0.1, 0.15) is 30.9 Å². The molecule has 108 valence electrons. The molecule has 2 N–H and O–H groups in total. The zero-order valence-corrected chi connectivity index (χ0v) is 10.8. The summed E-state index contributed by atoms with van der Waals surface area (Å²) < 4.78 is 18.2. The van der Waals surface area contributed by atoms with Gasteiger partial charge < -0.3 is 15.2 Å². The van der Waals surface area contributed by atoms with Crippen LogP contribution >= 0.6 is 0 Å². The number of hydrogen-bond acceptors (Lipinski definition) is 3. The first-order valence-electron chi connectivity index (χ1n) is 6.45. The first-order valence-corrected chi connectivity index (χ1v) is 6.45. The molecule has 0 spiro atoms. The number of carbonyl (C=O) groups is 2. The van der Waals surface area contributed by atoms with E-state index in [0.29, 0.717) is 18.6 Å². The van der Waals surface area contributed by atoms with Gasteiger partial charge in [0, 0.05) is 6.61 Å². The summed E-state index contributed by atoms with van der Waals surface area (Å²) in [7, 11) is 0. The summed E-state index contributed by atoms with van der Waals surface area (Å²) in [6, 6.07) is 4.73. The molecule has 2 rings (SSSR count). The van der Waals surface area contributed by atoms with E-state index in [9.17, 15) is 14.0 Å². The molecule has 0 unspecified atom stereocenters. The summed E-state index contributed by atoms with van der Waals surface area (Å²) in [6.07, 6.45) is 0.670. The maximum absolute atomic E-state index is 12.9. The summed E-state index contributed by atoms with van der Waals surface area (Å²) in [5, 5.41) is 11.6. The third kappa shape index (κ3) is 3.77. The van der Waals surface area contributed by atoms with Gasteiger partial charge in [-0.2, -0.15) is 0 Å². The van der Waals surface area contributed by atoms with E-state index in [-0.39, 0.29) is 12.3 Å². The van der Waals surface area contributed by atoms with Gasteiger partial charge in [-0.3, -0.25) is 9.59 Å². The van der Waals surface area contributed by atoms with Gasteiger partial charge in [0.15, 0.2) is 0 Å². The summed E-state index contributed by atoms with van der Waals surface area (Å²) in [4.78, 5) is 22.9. The molecule has 1 aliphatic rings. The maximum atomic E-state index is 12.9. The molecule has 0 aliphatic carbocycles. The topological polar surface area (TPSA) is 75.6 Å². The Morgan fingerprint density at radius 2 is 2.10 bits per heavy atom. The molecule has 2 atom stereocenters. The fraction of sp³-hybridized carbons (Fsp3) is 0.429. The van der Waals surface area contributed by atoms with Gasteiger partial charge in [-0.05, 0) is 30.5 Å². The monoisotopic (exact) mass is 281 g/mol. The van der Waals surface area contributed by atoms with Gasteiger partial charge in [0.05, 0.1) is 12.5 Å². The number of carboxylic acids is 1. The Morgan fingerprint density at radius 3 is 2.65 bits per heavy atom. The lowest BCUT2D eigenvalue weighted by atomic mass is 10.0. The quantitative estimate of drug-likeness (QED) is 0.860. The summed E-state index contributed by atoms with van der Waals surface area (Å²) in [6.45, 7) is 0.540. The fourth-order valence-electron chi connectivity index (χ4n) is 2.17. The molecule has 1 heterocycles. The molecule has 0 saturated carbocycles. The van der Waals surface area contributed by atoms with E-state index in [4.69, 9.17) is 9.84 Å². The van der Waals surface area contributed by atoms with Crippen LogP contribution in [0, 0.1) is 5.82 Å². The minimum Gasteiger partial charge on any atom is -0.481 e. The molecule has 5 nitrogen and oxygen atoms in total. The number of ether oxygens (including phenoxy) is 1. The van der Waals surface area contributed by atoms with E-state index in [1.54, 1.807) is 0 Å². The molecule has 1 amide bonds. The Labute approximate surface area is 115 Å². The lowest BCUT2D eigenvalue weighted by Gasteiger charge is -2.19. The molecular formula is C14H16FNO4. The number of halogens is 1. The predicted octanol–water partition coefficient (Wildman–Crippen LogP) is 1.64. The number of benzene rings is 1. The highest BCUT2D eigenvalue weighted by molar-refractivity contribution is 5.82. The Morgan fingerprint density at radius 1 is 1.40 bits per heavy atom. The number of nitrogens with one attached hydrogen (secondary N) is 1. The molecule has 1 saturated heterocycles. The molecule has 1 aliphatic heterocycles. The highest BCUT2D eigenvalue weighted by Gasteiger charge is 2.27. The van der Waals surface area contributed by atoms with E-state index in [1.807, 2.05) is 0 Å². The Bertz CT molecular complexity index is 482. The van der Waals surface area contributed by atoms with Gasteiger partial charge in [0.1, 0.15) is 11.9 Å². The molecule has 1 aromatic rings. The second-order valence-electron chi connectivity index (χ2n) is 4.71. The minimum absolute atomic E-state index is 0.260. The SMILES string of the molecule is O=C(O)C[C@H](NC(=O)[C@@H]1CCCO1)c1ccc(F)cc1. The Hall–Kier alpha value is -1.95. The normalized spacial score (nSPS) is 19.6. The smallest absolute Gasteiger partial charge is 0.305 e. The van der Waals surface area contributed by atoms with Crippen molar-refractivity contribution < 1.29 is 23.8 Å². The molecule has 20 heavy (non-hydrogen) atoms. The van der Waals surface area contributed by atoms with Crippen LogP contribution in [-0.2, 0) is 14.3 Å². The van der Waals surface area contributed by atoms with Crippen molar-refractivity contribution in [3.05, 3.63) is 35.6 Å². The van der Waals surface area contributed by atoms with E-state index < -0.39 is 23.9 Å². The number of rotatable bonds is 5. The van der Waals surface area contributed by atoms with Gasteiger partial charge in [-0.25, -0.2) is 4.39 Å². The first-order chi connectivity index (χ1) is 9.56. The highest BCUT2D eigenvalue weighted by atomic mass is 19.1. The summed E-state index contributed by atoms with van der Waals surface area (Å²) >= 11 is 0. The van der Waals surface area contributed by atoms with Crippen molar-refractivity contribution in [2.75, 3.05) is 6.61 Å². The van der Waals surface area contributed by atoms with Crippen molar-refractivity contribution in [3.8, 4) is 0 Å². The standard InChI is InChI=1S/C14H16FNO4/c15-10-5-3-9(4-6-10)11(8-13(17)18)16-14(19)12-2-1-7-20-12/h3-6,11-12H,1-2,7-8H2,(H,16,19)(H,17,18)/t11-,12-/m0/s1. The van der Waals surface area contributed by atoms with Crippen molar-refractivity contribution in [1.82, 2.24) is 5.32 Å². The van der Waals surface area contributed by atoms with E-state index in [1.165, 1.54) is 24.3 Å². The van der Waals surface area contributed by atoms with Gasteiger partial charge in [-0.1, -0.05) is 12.1 Å². The Kier molecular flexibility index (Phi) is 4.68. The van der Waals surface area contributed by atoms with Crippen LogP contribution in [0.25, 0.3) is 0 Å². The van der Waals surface area contributed by atoms with Crippen LogP contribution < -0.4 is 5.32 Å². The third-order valence-electron chi connectivity index (χ3n) is 3.19. The number of hydrogen-bond donors (Lipinski definition) is 2. The van der Waals surface area contributed by atoms with Crippen molar-refractivity contribution in [2.24, 2.45) is 0 Å². The maximum Gasteiger partial charge on any atom is 0.305 e. The van der Waals surface area contributed by atoms with E-state index in [2.05, 4.69) is 5.32 Å². The number of amides is 1.